The van der Waals surface area contributed by atoms with Crippen molar-refractivity contribution in [3.63, 3.8) is 0 Å². The average Bonchev–Trinajstić information content (AvgIpc) is 2.72. The third kappa shape index (κ3) is 4.78. The normalized spacial score (nSPS) is 11.0. The molecule has 0 bridgehead atoms. The van der Waals surface area contributed by atoms with Crippen molar-refractivity contribution in [2.45, 2.75) is 13.5 Å². The molecule has 0 radical (unpaired) electrons. The molecule has 1 heterocycles. The minimum Gasteiger partial charge on any atom is -0.493 e. The summed E-state index contributed by atoms with van der Waals surface area (Å²) in [5.41, 5.74) is 3.00. The maximum Gasteiger partial charge on any atom is 0.244 e. The van der Waals surface area contributed by atoms with Gasteiger partial charge < -0.3 is 14.8 Å². The second kappa shape index (κ2) is 9.19. The molecular formula is C21H20ClN3O3. The van der Waals surface area contributed by atoms with Gasteiger partial charge in [-0.3, -0.25) is 9.78 Å². The first-order chi connectivity index (χ1) is 13.6. The van der Waals surface area contributed by atoms with Gasteiger partial charge in [-0.1, -0.05) is 23.7 Å². The molecule has 0 aliphatic rings. The molecular weight excluding hydrogens is 378 g/mol. The van der Waals surface area contributed by atoms with Crippen LogP contribution in [-0.4, -0.2) is 29.6 Å². The number of aromatic nitrogens is 2. The fourth-order valence-electron chi connectivity index (χ4n) is 2.62. The predicted octanol–water partition coefficient (Wildman–Crippen LogP) is 4.02. The standard InChI is InChI=1S/C21H20ClN3O3/c1-3-28-21-16(22)10-14(11-19(21)27-2)12-24-20(26)9-8-15-13-23-17-6-4-5-7-18(17)25-15/h4-11,13H,3,12H2,1-2H3,(H,24,26)/b9-8+. The third-order valence-corrected chi connectivity index (χ3v) is 4.20. The van der Waals surface area contributed by atoms with E-state index in [4.69, 9.17) is 21.1 Å². The van der Waals surface area contributed by atoms with Crippen LogP contribution in [0.15, 0.2) is 48.7 Å². The zero-order chi connectivity index (χ0) is 19.9. The molecule has 0 aliphatic carbocycles. The largest absolute Gasteiger partial charge is 0.493 e. The highest BCUT2D eigenvalue weighted by Gasteiger charge is 2.12. The summed E-state index contributed by atoms with van der Waals surface area (Å²) >= 11 is 6.25. The molecule has 1 N–H and O–H groups in total. The summed E-state index contributed by atoms with van der Waals surface area (Å²) in [6.45, 7) is 2.65. The Balaban J connectivity index is 1.64. The monoisotopic (exact) mass is 397 g/mol. The molecule has 6 nitrogen and oxygen atoms in total. The van der Waals surface area contributed by atoms with E-state index >= 15 is 0 Å². The first kappa shape index (κ1) is 19.6. The highest BCUT2D eigenvalue weighted by molar-refractivity contribution is 6.32. The highest BCUT2D eigenvalue weighted by atomic mass is 35.5. The molecule has 28 heavy (non-hydrogen) atoms. The van der Waals surface area contributed by atoms with E-state index < -0.39 is 0 Å². The van der Waals surface area contributed by atoms with Crippen LogP contribution in [0.25, 0.3) is 17.1 Å². The summed E-state index contributed by atoms with van der Waals surface area (Å²) in [7, 11) is 1.55. The number of halogens is 1. The number of hydrogen-bond donors (Lipinski definition) is 1. The Kier molecular flexibility index (Phi) is 6.45. The van der Waals surface area contributed by atoms with Crippen molar-refractivity contribution >= 4 is 34.6 Å². The number of carbonyl (C=O) groups excluding carboxylic acids is 1. The van der Waals surface area contributed by atoms with E-state index in [1.54, 1.807) is 31.5 Å². The molecule has 0 spiro atoms. The summed E-state index contributed by atoms with van der Waals surface area (Å²) < 4.78 is 10.8. The van der Waals surface area contributed by atoms with Crippen molar-refractivity contribution < 1.29 is 14.3 Å². The van der Waals surface area contributed by atoms with E-state index in [0.29, 0.717) is 35.4 Å². The zero-order valence-corrected chi connectivity index (χ0v) is 16.4. The molecule has 3 aromatic rings. The first-order valence-corrected chi connectivity index (χ1v) is 9.15. The Morgan fingerprint density at radius 2 is 2.04 bits per heavy atom. The van der Waals surface area contributed by atoms with Gasteiger partial charge in [-0.05, 0) is 42.8 Å². The summed E-state index contributed by atoms with van der Waals surface area (Å²) in [6.07, 6.45) is 4.68. The summed E-state index contributed by atoms with van der Waals surface area (Å²) in [5.74, 6) is 0.774. The number of benzene rings is 2. The molecule has 0 aliphatic heterocycles. The molecule has 0 fully saturated rings. The quantitative estimate of drug-likeness (QED) is 0.609. The van der Waals surface area contributed by atoms with Gasteiger partial charge in [-0.15, -0.1) is 0 Å². The minimum atomic E-state index is -0.251. The van der Waals surface area contributed by atoms with E-state index in [1.807, 2.05) is 31.2 Å². The van der Waals surface area contributed by atoms with Gasteiger partial charge in [0, 0.05) is 12.6 Å². The average molecular weight is 398 g/mol. The van der Waals surface area contributed by atoms with Crippen LogP contribution in [0.4, 0.5) is 0 Å². The number of hydrogen-bond acceptors (Lipinski definition) is 5. The van der Waals surface area contributed by atoms with Crippen LogP contribution in [0.3, 0.4) is 0 Å². The minimum absolute atomic E-state index is 0.251. The van der Waals surface area contributed by atoms with Crippen molar-refractivity contribution in [2.24, 2.45) is 0 Å². The van der Waals surface area contributed by atoms with E-state index in [0.717, 1.165) is 16.6 Å². The van der Waals surface area contributed by atoms with Crippen molar-refractivity contribution in [3.8, 4) is 11.5 Å². The van der Waals surface area contributed by atoms with Crippen molar-refractivity contribution in [3.05, 3.63) is 65.0 Å². The van der Waals surface area contributed by atoms with Gasteiger partial charge in [0.15, 0.2) is 11.5 Å². The second-order valence-corrected chi connectivity index (χ2v) is 6.28. The summed E-state index contributed by atoms with van der Waals surface area (Å²) in [4.78, 5) is 20.9. The Labute approximate surface area is 168 Å². The number of amides is 1. The number of fused-ring (bicyclic) bond motifs is 1. The van der Waals surface area contributed by atoms with Crippen LogP contribution in [0.2, 0.25) is 5.02 Å². The fourth-order valence-corrected chi connectivity index (χ4v) is 2.91. The van der Waals surface area contributed by atoms with Gasteiger partial charge in [0.1, 0.15) is 0 Å². The number of carbonyl (C=O) groups is 1. The topological polar surface area (TPSA) is 73.3 Å². The number of para-hydroxylation sites is 2. The highest BCUT2D eigenvalue weighted by Crippen LogP contribution is 2.36. The molecule has 1 aromatic heterocycles. The van der Waals surface area contributed by atoms with Crippen LogP contribution in [0.1, 0.15) is 18.2 Å². The lowest BCUT2D eigenvalue weighted by atomic mass is 10.2. The molecule has 0 saturated heterocycles. The molecule has 144 valence electrons. The number of nitrogens with one attached hydrogen (secondary N) is 1. The maximum absolute atomic E-state index is 12.1. The van der Waals surface area contributed by atoms with Crippen molar-refractivity contribution in [1.29, 1.82) is 0 Å². The van der Waals surface area contributed by atoms with Gasteiger partial charge in [0.25, 0.3) is 0 Å². The summed E-state index contributed by atoms with van der Waals surface area (Å²) in [6, 6.07) is 11.1. The van der Waals surface area contributed by atoms with Crippen LogP contribution in [0.5, 0.6) is 11.5 Å². The molecule has 0 saturated carbocycles. The number of ether oxygens (including phenoxy) is 2. The van der Waals surface area contributed by atoms with E-state index in [9.17, 15) is 4.79 Å². The molecule has 2 aromatic carbocycles. The van der Waals surface area contributed by atoms with E-state index in [1.165, 1.54) is 6.08 Å². The summed E-state index contributed by atoms with van der Waals surface area (Å²) in [5, 5.41) is 3.24. The Bertz CT molecular complexity index is 1020. The Morgan fingerprint density at radius 1 is 1.25 bits per heavy atom. The number of rotatable bonds is 7. The van der Waals surface area contributed by atoms with Crippen LogP contribution < -0.4 is 14.8 Å². The second-order valence-electron chi connectivity index (χ2n) is 5.88. The van der Waals surface area contributed by atoms with Crippen LogP contribution >= 0.6 is 11.6 Å². The Morgan fingerprint density at radius 3 is 2.79 bits per heavy atom. The lowest BCUT2D eigenvalue weighted by molar-refractivity contribution is -0.116. The lowest BCUT2D eigenvalue weighted by Crippen LogP contribution is -2.20. The Hall–Kier alpha value is -3.12. The molecule has 3 rings (SSSR count). The van der Waals surface area contributed by atoms with Crippen molar-refractivity contribution in [1.82, 2.24) is 15.3 Å². The maximum atomic E-state index is 12.1. The molecule has 7 heteroatoms. The smallest absolute Gasteiger partial charge is 0.244 e. The van der Waals surface area contributed by atoms with Gasteiger partial charge in [0.2, 0.25) is 5.91 Å². The molecule has 1 amide bonds. The van der Waals surface area contributed by atoms with E-state index in [-0.39, 0.29) is 5.91 Å². The zero-order valence-electron chi connectivity index (χ0n) is 15.6. The van der Waals surface area contributed by atoms with Crippen molar-refractivity contribution in [2.75, 3.05) is 13.7 Å². The van der Waals surface area contributed by atoms with E-state index in [2.05, 4.69) is 15.3 Å². The number of nitrogens with zero attached hydrogens (tertiary/aromatic N) is 2. The fraction of sp³-hybridized carbons (Fsp3) is 0.190. The van der Waals surface area contributed by atoms with Crippen LogP contribution in [0, 0.1) is 0 Å². The van der Waals surface area contributed by atoms with Gasteiger partial charge in [-0.25, -0.2) is 4.98 Å². The number of methoxy groups -OCH3 is 1. The van der Waals surface area contributed by atoms with Gasteiger partial charge in [0.05, 0.1) is 41.7 Å². The van der Waals surface area contributed by atoms with Crippen LogP contribution in [-0.2, 0) is 11.3 Å². The first-order valence-electron chi connectivity index (χ1n) is 8.77. The molecule has 0 unspecified atom stereocenters. The SMILES string of the molecule is CCOc1c(Cl)cc(CNC(=O)/C=C/c2cnc3ccccc3n2)cc1OC. The van der Waals surface area contributed by atoms with Gasteiger partial charge in [-0.2, -0.15) is 0 Å². The van der Waals surface area contributed by atoms with Gasteiger partial charge >= 0.3 is 0 Å². The predicted molar refractivity (Wildman–Crippen MR) is 110 cm³/mol. The lowest BCUT2D eigenvalue weighted by Gasteiger charge is -2.13. The third-order valence-electron chi connectivity index (χ3n) is 3.92. The molecule has 0 atom stereocenters.